The molecule has 0 aromatic heterocycles. The van der Waals surface area contributed by atoms with Crippen molar-refractivity contribution < 1.29 is 0 Å². The van der Waals surface area contributed by atoms with E-state index in [-0.39, 0.29) is 0 Å². The van der Waals surface area contributed by atoms with Crippen molar-refractivity contribution in [3.63, 3.8) is 0 Å². The molecule has 0 unspecified atom stereocenters. The zero-order chi connectivity index (χ0) is 11.8. The Morgan fingerprint density at radius 3 is 2.12 bits per heavy atom. The molecule has 0 radical (unpaired) electrons. The molecule has 0 bridgehead atoms. The van der Waals surface area contributed by atoms with E-state index in [0.29, 0.717) is 11.5 Å². The van der Waals surface area contributed by atoms with Crippen LogP contribution < -0.4 is 5.73 Å². The van der Waals surface area contributed by atoms with Crippen molar-refractivity contribution in [2.24, 2.45) is 23.0 Å². The van der Waals surface area contributed by atoms with Crippen molar-refractivity contribution >= 4 is 0 Å². The molecule has 0 aromatic rings. The third-order valence-corrected chi connectivity index (χ3v) is 4.60. The summed E-state index contributed by atoms with van der Waals surface area (Å²) in [5.41, 5.74) is 6.34. The Balaban J connectivity index is 1.69. The largest absolute Gasteiger partial charge is 0.328 e. The van der Waals surface area contributed by atoms with Gasteiger partial charge < -0.3 is 10.6 Å². The molecule has 0 aromatic carbocycles. The topological polar surface area (TPSA) is 29.3 Å². The standard InChI is InChI=1S/C14H28N2/c1-14(2,3)12-4-6-16(7-5-12)10-11-8-13(15)9-11/h11-13H,4-10,15H2,1-3H3. The van der Waals surface area contributed by atoms with Gasteiger partial charge in [-0.2, -0.15) is 0 Å². The highest BCUT2D eigenvalue weighted by Gasteiger charge is 2.32. The predicted octanol–water partition coefficient (Wildman–Crippen LogP) is 2.48. The first-order valence-electron chi connectivity index (χ1n) is 6.93. The monoisotopic (exact) mass is 224 g/mol. The molecule has 2 nitrogen and oxygen atoms in total. The SMILES string of the molecule is CC(C)(C)C1CCN(CC2CC(N)C2)CC1. The Hall–Kier alpha value is -0.0800. The van der Waals surface area contributed by atoms with E-state index in [0.717, 1.165) is 11.8 Å². The fraction of sp³-hybridized carbons (Fsp3) is 1.00. The molecule has 2 N–H and O–H groups in total. The second-order valence-electron chi connectivity index (χ2n) is 7.04. The van der Waals surface area contributed by atoms with Gasteiger partial charge in [-0.3, -0.25) is 0 Å². The minimum absolute atomic E-state index is 0.505. The summed E-state index contributed by atoms with van der Waals surface area (Å²) in [6, 6.07) is 0.511. The summed E-state index contributed by atoms with van der Waals surface area (Å²) in [4.78, 5) is 2.67. The highest BCUT2D eigenvalue weighted by Crippen LogP contribution is 2.35. The number of nitrogens with two attached hydrogens (primary N) is 1. The van der Waals surface area contributed by atoms with Crippen molar-refractivity contribution in [1.82, 2.24) is 4.90 Å². The van der Waals surface area contributed by atoms with Gasteiger partial charge in [0, 0.05) is 12.6 Å². The lowest BCUT2D eigenvalue weighted by atomic mass is 9.74. The summed E-state index contributed by atoms with van der Waals surface area (Å²) in [5, 5.41) is 0. The zero-order valence-electron chi connectivity index (χ0n) is 11.2. The summed E-state index contributed by atoms with van der Waals surface area (Å²) < 4.78 is 0. The number of rotatable bonds is 2. The molecule has 1 saturated carbocycles. The highest BCUT2D eigenvalue weighted by molar-refractivity contribution is 4.86. The van der Waals surface area contributed by atoms with Gasteiger partial charge in [0.25, 0.3) is 0 Å². The summed E-state index contributed by atoms with van der Waals surface area (Å²) in [6.07, 6.45) is 5.31. The fourth-order valence-electron chi connectivity index (χ4n) is 3.28. The minimum atomic E-state index is 0.505. The number of piperidine rings is 1. The summed E-state index contributed by atoms with van der Waals surface area (Å²) in [5.74, 6) is 1.83. The van der Waals surface area contributed by atoms with Crippen LogP contribution in [0.15, 0.2) is 0 Å². The number of likely N-dealkylation sites (tertiary alicyclic amines) is 1. The number of nitrogens with zero attached hydrogens (tertiary/aromatic N) is 1. The van der Waals surface area contributed by atoms with Crippen molar-refractivity contribution in [1.29, 1.82) is 0 Å². The molecule has 1 saturated heterocycles. The van der Waals surface area contributed by atoms with E-state index in [1.54, 1.807) is 0 Å². The first-order valence-corrected chi connectivity index (χ1v) is 6.93. The van der Waals surface area contributed by atoms with Crippen molar-refractivity contribution in [2.75, 3.05) is 19.6 Å². The van der Waals surface area contributed by atoms with Crippen LogP contribution in [0.1, 0.15) is 46.5 Å². The molecule has 0 amide bonds. The van der Waals surface area contributed by atoms with Crippen LogP contribution >= 0.6 is 0 Å². The van der Waals surface area contributed by atoms with Gasteiger partial charge in [-0.05, 0) is 56.0 Å². The first-order chi connectivity index (χ1) is 7.45. The summed E-state index contributed by atoms with van der Waals surface area (Å²) in [7, 11) is 0. The molecule has 2 fully saturated rings. The van der Waals surface area contributed by atoms with E-state index in [2.05, 4.69) is 25.7 Å². The third kappa shape index (κ3) is 2.98. The fourth-order valence-corrected chi connectivity index (χ4v) is 3.28. The van der Waals surface area contributed by atoms with Gasteiger partial charge in [-0.25, -0.2) is 0 Å². The van der Waals surface area contributed by atoms with Gasteiger partial charge >= 0.3 is 0 Å². The van der Waals surface area contributed by atoms with Crippen LogP contribution in [0.5, 0.6) is 0 Å². The number of hydrogen-bond acceptors (Lipinski definition) is 2. The maximum atomic E-state index is 5.83. The average molecular weight is 224 g/mol. The van der Waals surface area contributed by atoms with Gasteiger partial charge in [0.1, 0.15) is 0 Å². The van der Waals surface area contributed by atoms with Crippen molar-refractivity contribution in [3.8, 4) is 0 Å². The lowest BCUT2D eigenvalue weighted by molar-refractivity contribution is 0.0832. The molecule has 2 rings (SSSR count). The van der Waals surface area contributed by atoms with Gasteiger partial charge in [-0.15, -0.1) is 0 Å². The molecule has 16 heavy (non-hydrogen) atoms. The van der Waals surface area contributed by atoms with Crippen LogP contribution in [0, 0.1) is 17.3 Å². The normalized spacial score (nSPS) is 33.8. The van der Waals surface area contributed by atoms with Gasteiger partial charge in [0.2, 0.25) is 0 Å². The minimum Gasteiger partial charge on any atom is -0.328 e. The smallest absolute Gasteiger partial charge is 0.00450 e. The highest BCUT2D eigenvalue weighted by atomic mass is 15.1. The quantitative estimate of drug-likeness (QED) is 0.781. The van der Waals surface area contributed by atoms with E-state index in [9.17, 15) is 0 Å². The van der Waals surface area contributed by atoms with Gasteiger partial charge in [0.05, 0.1) is 0 Å². The maximum Gasteiger partial charge on any atom is 0.00450 e. The summed E-state index contributed by atoms with van der Waals surface area (Å²) in [6.45, 7) is 11.1. The van der Waals surface area contributed by atoms with Crippen LogP contribution in [0.4, 0.5) is 0 Å². The van der Waals surface area contributed by atoms with E-state index < -0.39 is 0 Å². The molecular weight excluding hydrogens is 196 g/mol. The average Bonchev–Trinajstić information content (AvgIpc) is 2.15. The van der Waals surface area contributed by atoms with E-state index >= 15 is 0 Å². The molecule has 2 heteroatoms. The molecule has 1 heterocycles. The van der Waals surface area contributed by atoms with E-state index in [1.165, 1.54) is 45.3 Å². The molecule has 94 valence electrons. The third-order valence-electron chi connectivity index (χ3n) is 4.60. The molecular formula is C14H28N2. The van der Waals surface area contributed by atoms with Gasteiger partial charge in [-0.1, -0.05) is 20.8 Å². The molecule has 1 aliphatic heterocycles. The van der Waals surface area contributed by atoms with E-state index in [1.807, 2.05) is 0 Å². The van der Waals surface area contributed by atoms with Gasteiger partial charge in [0.15, 0.2) is 0 Å². The Labute approximate surface area is 101 Å². The second-order valence-corrected chi connectivity index (χ2v) is 7.04. The molecule has 0 atom stereocenters. The first kappa shape index (κ1) is 12.4. The molecule has 2 aliphatic rings. The lowest BCUT2D eigenvalue weighted by Gasteiger charge is -2.42. The van der Waals surface area contributed by atoms with Crippen LogP contribution in [0.3, 0.4) is 0 Å². The Morgan fingerprint density at radius 1 is 1.12 bits per heavy atom. The van der Waals surface area contributed by atoms with Crippen molar-refractivity contribution in [2.45, 2.75) is 52.5 Å². The number of hydrogen-bond donors (Lipinski definition) is 1. The van der Waals surface area contributed by atoms with Crippen LogP contribution in [0.25, 0.3) is 0 Å². The van der Waals surface area contributed by atoms with Crippen LogP contribution in [-0.2, 0) is 0 Å². The molecule has 1 aliphatic carbocycles. The maximum absolute atomic E-state index is 5.83. The van der Waals surface area contributed by atoms with E-state index in [4.69, 9.17) is 5.73 Å². The van der Waals surface area contributed by atoms with Crippen LogP contribution in [0.2, 0.25) is 0 Å². The Kier molecular flexibility index (Phi) is 3.60. The van der Waals surface area contributed by atoms with Crippen LogP contribution in [-0.4, -0.2) is 30.6 Å². The zero-order valence-corrected chi connectivity index (χ0v) is 11.2. The predicted molar refractivity (Wildman–Crippen MR) is 69.3 cm³/mol. The summed E-state index contributed by atoms with van der Waals surface area (Å²) >= 11 is 0. The Bertz CT molecular complexity index is 217. The Morgan fingerprint density at radius 2 is 1.69 bits per heavy atom. The second kappa shape index (κ2) is 4.66. The molecule has 0 spiro atoms. The van der Waals surface area contributed by atoms with Crippen molar-refractivity contribution in [3.05, 3.63) is 0 Å². The lowest BCUT2D eigenvalue weighted by Crippen LogP contribution is -2.45.